The van der Waals surface area contributed by atoms with Gasteiger partial charge in [-0.25, -0.2) is 4.79 Å². The third kappa shape index (κ3) is 3.20. The van der Waals surface area contributed by atoms with E-state index in [-0.39, 0.29) is 12.1 Å². The average molecular weight is 234 g/mol. The number of urea groups is 1. The molecule has 1 aromatic carbocycles. The first-order valence-corrected chi connectivity index (χ1v) is 5.87. The molecule has 2 N–H and O–H groups in total. The maximum atomic E-state index is 11.7. The highest BCUT2D eigenvalue weighted by molar-refractivity contribution is 5.90. The van der Waals surface area contributed by atoms with Crippen molar-refractivity contribution >= 4 is 11.7 Å². The number of benzene rings is 1. The van der Waals surface area contributed by atoms with Crippen molar-refractivity contribution in [1.29, 1.82) is 0 Å². The first kappa shape index (κ1) is 11.9. The van der Waals surface area contributed by atoms with Gasteiger partial charge >= 0.3 is 6.03 Å². The fourth-order valence-corrected chi connectivity index (χ4v) is 1.95. The molecule has 92 valence electrons. The number of rotatable bonds is 2. The summed E-state index contributed by atoms with van der Waals surface area (Å²) in [4.78, 5) is 11.7. The van der Waals surface area contributed by atoms with Gasteiger partial charge in [-0.1, -0.05) is 17.7 Å². The van der Waals surface area contributed by atoms with Crippen molar-refractivity contribution in [3.05, 3.63) is 29.3 Å². The predicted molar refractivity (Wildman–Crippen MR) is 67.3 cm³/mol. The molecule has 17 heavy (non-hydrogen) atoms. The van der Waals surface area contributed by atoms with E-state index < -0.39 is 0 Å². The first-order chi connectivity index (χ1) is 8.15. The maximum absolute atomic E-state index is 11.7. The molecule has 1 atom stereocenters. The van der Waals surface area contributed by atoms with Crippen molar-refractivity contribution in [3.8, 4) is 0 Å². The summed E-state index contributed by atoms with van der Waals surface area (Å²) < 4.78 is 5.21. The first-order valence-electron chi connectivity index (χ1n) is 5.87. The van der Waals surface area contributed by atoms with Crippen LogP contribution in [0.4, 0.5) is 10.5 Å². The molecule has 1 unspecified atom stereocenters. The van der Waals surface area contributed by atoms with Crippen LogP contribution in [0.25, 0.3) is 0 Å². The average Bonchev–Trinajstić information content (AvgIpc) is 2.75. The van der Waals surface area contributed by atoms with Crippen LogP contribution in [-0.2, 0) is 4.74 Å². The number of ether oxygens (including phenoxy) is 1. The van der Waals surface area contributed by atoms with E-state index >= 15 is 0 Å². The molecule has 2 rings (SSSR count). The zero-order valence-corrected chi connectivity index (χ0v) is 10.2. The molecule has 0 radical (unpaired) electrons. The van der Waals surface area contributed by atoms with Gasteiger partial charge in [0, 0.05) is 12.3 Å². The summed E-state index contributed by atoms with van der Waals surface area (Å²) in [6, 6.07) is 5.94. The zero-order valence-electron chi connectivity index (χ0n) is 10.2. The number of hydrogen-bond donors (Lipinski definition) is 2. The van der Waals surface area contributed by atoms with Gasteiger partial charge < -0.3 is 15.4 Å². The molecule has 1 aliphatic rings. The van der Waals surface area contributed by atoms with E-state index in [2.05, 4.69) is 10.6 Å². The van der Waals surface area contributed by atoms with Gasteiger partial charge in [0.15, 0.2) is 0 Å². The molecule has 0 spiro atoms. The van der Waals surface area contributed by atoms with Gasteiger partial charge in [0.05, 0.1) is 12.6 Å². The minimum Gasteiger partial charge on any atom is -0.379 e. The number of aryl methyl sites for hydroxylation is 2. The highest BCUT2D eigenvalue weighted by Crippen LogP contribution is 2.16. The summed E-state index contributed by atoms with van der Waals surface area (Å²) in [6.45, 7) is 5.36. The molecule has 0 aliphatic carbocycles. The van der Waals surface area contributed by atoms with Gasteiger partial charge in [-0.05, 0) is 31.9 Å². The zero-order chi connectivity index (χ0) is 12.3. The molecule has 1 heterocycles. The molecule has 4 heteroatoms. The number of anilines is 1. The van der Waals surface area contributed by atoms with Gasteiger partial charge in [-0.3, -0.25) is 0 Å². The number of nitrogens with one attached hydrogen (secondary N) is 2. The molecule has 0 bridgehead atoms. The lowest BCUT2D eigenvalue weighted by molar-refractivity contribution is 0.189. The van der Waals surface area contributed by atoms with Crippen molar-refractivity contribution in [3.63, 3.8) is 0 Å². The van der Waals surface area contributed by atoms with Gasteiger partial charge in [0.1, 0.15) is 0 Å². The number of amides is 2. The minimum atomic E-state index is -0.160. The topological polar surface area (TPSA) is 50.4 Å². The lowest BCUT2D eigenvalue weighted by Gasteiger charge is -2.13. The third-order valence-electron chi connectivity index (χ3n) is 2.90. The molecular formula is C13H18N2O2. The fourth-order valence-electron chi connectivity index (χ4n) is 1.95. The Labute approximate surface area is 101 Å². The van der Waals surface area contributed by atoms with Crippen LogP contribution in [0.1, 0.15) is 17.5 Å². The molecule has 2 amide bonds. The minimum absolute atomic E-state index is 0.140. The Morgan fingerprint density at radius 1 is 1.41 bits per heavy atom. The number of hydrogen-bond acceptors (Lipinski definition) is 2. The molecular weight excluding hydrogens is 216 g/mol. The van der Waals surface area contributed by atoms with Gasteiger partial charge in [0.2, 0.25) is 0 Å². The van der Waals surface area contributed by atoms with E-state index in [0.717, 1.165) is 24.3 Å². The van der Waals surface area contributed by atoms with E-state index in [9.17, 15) is 4.79 Å². The number of carbonyl (C=O) groups is 1. The Bertz CT molecular complexity index is 412. The van der Waals surface area contributed by atoms with Crippen LogP contribution in [0.2, 0.25) is 0 Å². The van der Waals surface area contributed by atoms with Gasteiger partial charge in [0.25, 0.3) is 0 Å². The summed E-state index contributed by atoms with van der Waals surface area (Å²) in [6.07, 6.45) is 0.889. The summed E-state index contributed by atoms with van der Waals surface area (Å²) in [7, 11) is 0. The third-order valence-corrected chi connectivity index (χ3v) is 2.90. The molecule has 1 aliphatic heterocycles. The van der Waals surface area contributed by atoms with Crippen molar-refractivity contribution in [2.45, 2.75) is 26.3 Å². The SMILES string of the molecule is Cc1ccc(NC(=O)NC2CCOC2)c(C)c1. The summed E-state index contributed by atoms with van der Waals surface area (Å²) >= 11 is 0. The predicted octanol–water partition coefficient (Wildman–Crippen LogP) is 2.21. The lowest BCUT2D eigenvalue weighted by Crippen LogP contribution is -2.38. The van der Waals surface area contributed by atoms with Gasteiger partial charge in [-0.2, -0.15) is 0 Å². The molecule has 0 saturated carbocycles. The highest BCUT2D eigenvalue weighted by Gasteiger charge is 2.17. The Morgan fingerprint density at radius 2 is 2.24 bits per heavy atom. The van der Waals surface area contributed by atoms with E-state index in [0.29, 0.717) is 6.61 Å². The second kappa shape index (κ2) is 5.19. The summed E-state index contributed by atoms with van der Waals surface area (Å²) in [5, 5.41) is 5.75. The van der Waals surface area contributed by atoms with Crippen molar-refractivity contribution in [1.82, 2.24) is 5.32 Å². The van der Waals surface area contributed by atoms with Crippen LogP contribution in [0, 0.1) is 13.8 Å². The second-order valence-electron chi connectivity index (χ2n) is 4.48. The van der Waals surface area contributed by atoms with Crippen LogP contribution in [0.15, 0.2) is 18.2 Å². The summed E-state index contributed by atoms with van der Waals surface area (Å²) in [5.74, 6) is 0. The van der Waals surface area contributed by atoms with Crippen LogP contribution >= 0.6 is 0 Å². The molecule has 1 aromatic rings. The Morgan fingerprint density at radius 3 is 2.88 bits per heavy atom. The molecule has 4 nitrogen and oxygen atoms in total. The quantitative estimate of drug-likeness (QED) is 0.824. The maximum Gasteiger partial charge on any atom is 0.319 e. The monoisotopic (exact) mass is 234 g/mol. The Hall–Kier alpha value is -1.55. The van der Waals surface area contributed by atoms with Crippen LogP contribution < -0.4 is 10.6 Å². The van der Waals surface area contributed by atoms with E-state index in [1.807, 2.05) is 32.0 Å². The number of carbonyl (C=O) groups excluding carboxylic acids is 1. The lowest BCUT2D eigenvalue weighted by atomic mass is 10.1. The van der Waals surface area contributed by atoms with Crippen LogP contribution in [-0.4, -0.2) is 25.3 Å². The largest absolute Gasteiger partial charge is 0.379 e. The molecule has 1 fully saturated rings. The summed E-state index contributed by atoms with van der Waals surface area (Å²) in [5.41, 5.74) is 3.12. The van der Waals surface area contributed by atoms with Crippen LogP contribution in [0.5, 0.6) is 0 Å². The van der Waals surface area contributed by atoms with E-state index in [1.165, 1.54) is 5.56 Å². The Kier molecular flexibility index (Phi) is 3.64. The normalized spacial score (nSPS) is 19.1. The smallest absolute Gasteiger partial charge is 0.319 e. The van der Waals surface area contributed by atoms with Gasteiger partial charge in [-0.15, -0.1) is 0 Å². The Balaban J connectivity index is 1.93. The molecule has 1 saturated heterocycles. The van der Waals surface area contributed by atoms with Crippen LogP contribution in [0.3, 0.4) is 0 Å². The molecule has 0 aromatic heterocycles. The van der Waals surface area contributed by atoms with Crippen molar-refractivity contribution in [2.75, 3.05) is 18.5 Å². The highest BCUT2D eigenvalue weighted by atomic mass is 16.5. The van der Waals surface area contributed by atoms with E-state index in [4.69, 9.17) is 4.74 Å². The second-order valence-corrected chi connectivity index (χ2v) is 4.48. The van der Waals surface area contributed by atoms with E-state index in [1.54, 1.807) is 0 Å². The standard InChI is InChI=1S/C13H18N2O2/c1-9-3-4-12(10(2)7-9)15-13(16)14-11-5-6-17-8-11/h3-4,7,11H,5-6,8H2,1-2H3,(H2,14,15,16). The van der Waals surface area contributed by atoms with Crippen molar-refractivity contribution < 1.29 is 9.53 Å². The fraction of sp³-hybridized carbons (Fsp3) is 0.462. The van der Waals surface area contributed by atoms with Crippen molar-refractivity contribution in [2.24, 2.45) is 0 Å².